The van der Waals surface area contributed by atoms with Gasteiger partial charge >= 0.3 is 0 Å². The number of rotatable bonds is 10. The van der Waals surface area contributed by atoms with Crippen LogP contribution in [0.5, 0.6) is 0 Å². The lowest BCUT2D eigenvalue weighted by Crippen LogP contribution is -2.24. The molecule has 0 radical (unpaired) electrons. The van der Waals surface area contributed by atoms with Crippen LogP contribution in [0.1, 0.15) is 50.7 Å². The van der Waals surface area contributed by atoms with E-state index in [1.54, 1.807) is 0 Å². The second-order valence-electron chi connectivity index (χ2n) is 6.02. The summed E-state index contributed by atoms with van der Waals surface area (Å²) in [5.41, 5.74) is 2.85. The maximum atomic E-state index is 5.77. The third-order valence-corrected chi connectivity index (χ3v) is 3.51. The maximum Gasteiger partial charge on any atom is 0.0488 e. The van der Waals surface area contributed by atoms with Crippen LogP contribution in [-0.4, -0.2) is 26.3 Å². The predicted molar refractivity (Wildman–Crippen MR) is 87.4 cm³/mol. The molecule has 0 bridgehead atoms. The maximum absolute atomic E-state index is 5.77. The quantitative estimate of drug-likeness (QED) is 0.649. The molecule has 1 rings (SSSR count). The molecular weight excluding hydrogens is 246 g/mol. The van der Waals surface area contributed by atoms with Crippen molar-refractivity contribution < 1.29 is 4.74 Å². The average molecular weight is 277 g/mol. The second kappa shape index (κ2) is 9.95. The van der Waals surface area contributed by atoms with Crippen LogP contribution in [-0.2, 0) is 4.74 Å². The highest BCUT2D eigenvalue weighted by atomic mass is 16.5. The summed E-state index contributed by atoms with van der Waals surface area (Å²) >= 11 is 0. The van der Waals surface area contributed by atoms with Gasteiger partial charge in [0.05, 0.1) is 0 Å². The fourth-order valence-electron chi connectivity index (χ4n) is 2.41. The number of hydrogen-bond donors (Lipinski definition) is 1. The monoisotopic (exact) mass is 277 g/mol. The molecule has 1 aromatic carbocycles. The summed E-state index contributed by atoms with van der Waals surface area (Å²) < 4.78 is 5.77. The molecule has 1 atom stereocenters. The van der Waals surface area contributed by atoms with Gasteiger partial charge in [-0.3, -0.25) is 0 Å². The number of aryl methyl sites for hydroxylation is 1. The first-order valence-corrected chi connectivity index (χ1v) is 7.99. The lowest BCUT2D eigenvalue weighted by atomic mass is 9.92. The first kappa shape index (κ1) is 17.2. The number of benzene rings is 1. The summed E-state index contributed by atoms with van der Waals surface area (Å²) in [5, 5.41) is 3.55. The van der Waals surface area contributed by atoms with Crippen molar-refractivity contribution in [3.8, 4) is 0 Å². The fourth-order valence-corrected chi connectivity index (χ4v) is 2.41. The smallest absolute Gasteiger partial charge is 0.0488 e. The number of nitrogens with one attached hydrogen (secondary N) is 1. The van der Waals surface area contributed by atoms with Crippen molar-refractivity contribution in [2.75, 3.05) is 26.3 Å². The molecule has 0 fully saturated rings. The summed E-state index contributed by atoms with van der Waals surface area (Å²) in [6, 6.07) is 8.72. The van der Waals surface area contributed by atoms with E-state index in [1.807, 2.05) is 0 Å². The molecule has 1 aromatic rings. The molecule has 0 aliphatic heterocycles. The molecule has 0 spiro atoms. The van der Waals surface area contributed by atoms with Crippen molar-refractivity contribution in [3.63, 3.8) is 0 Å². The van der Waals surface area contributed by atoms with E-state index in [9.17, 15) is 0 Å². The zero-order valence-corrected chi connectivity index (χ0v) is 13.6. The van der Waals surface area contributed by atoms with Gasteiger partial charge in [-0.05, 0) is 49.3 Å². The Bertz CT molecular complexity index is 362. The van der Waals surface area contributed by atoms with Gasteiger partial charge in [0.2, 0.25) is 0 Å². The summed E-state index contributed by atoms with van der Waals surface area (Å²) in [5.74, 6) is 1.17. The predicted octanol–water partition coefficient (Wildman–Crippen LogP) is 4.14. The Hall–Kier alpha value is -0.860. The Morgan fingerprint density at radius 1 is 1.20 bits per heavy atom. The minimum absolute atomic E-state index is 0.551. The summed E-state index contributed by atoms with van der Waals surface area (Å²) in [4.78, 5) is 0. The molecule has 0 aliphatic carbocycles. The van der Waals surface area contributed by atoms with E-state index in [0.29, 0.717) is 11.8 Å². The molecule has 0 saturated heterocycles. The van der Waals surface area contributed by atoms with Crippen LogP contribution in [0.15, 0.2) is 24.3 Å². The molecule has 0 amide bonds. The van der Waals surface area contributed by atoms with Crippen molar-refractivity contribution in [2.45, 2.75) is 46.5 Å². The van der Waals surface area contributed by atoms with Gasteiger partial charge in [0.15, 0.2) is 0 Å². The molecule has 114 valence electrons. The lowest BCUT2D eigenvalue weighted by Gasteiger charge is -2.20. The van der Waals surface area contributed by atoms with Gasteiger partial charge in [0.25, 0.3) is 0 Å². The van der Waals surface area contributed by atoms with Crippen molar-refractivity contribution >= 4 is 0 Å². The van der Waals surface area contributed by atoms with Crippen LogP contribution in [0, 0.1) is 12.8 Å². The number of ether oxygens (including phenoxy) is 1. The van der Waals surface area contributed by atoms with E-state index in [1.165, 1.54) is 17.5 Å². The Kier molecular flexibility index (Phi) is 8.56. The Morgan fingerprint density at radius 2 is 1.95 bits per heavy atom. The fraction of sp³-hybridized carbons (Fsp3) is 0.667. The standard InChI is InChI=1S/C18H31NO/c1-5-11-19-13-17(10-12-20-14-15(2)3)18-9-7-6-8-16(18)4/h6-9,15,17,19H,5,10-14H2,1-4H3. The molecule has 1 unspecified atom stereocenters. The van der Waals surface area contributed by atoms with Crippen molar-refractivity contribution in [3.05, 3.63) is 35.4 Å². The Balaban J connectivity index is 2.54. The molecular formula is C18H31NO. The molecule has 2 heteroatoms. The average Bonchev–Trinajstić information content (AvgIpc) is 2.42. The van der Waals surface area contributed by atoms with Crippen LogP contribution in [0.2, 0.25) is 0 Å². The van der Waals surface area contributed by atoms with Gasteiger partial charge in [-0.2, -0.15) is 0 Å². The molecule has 0 saturated carbocycles. The molecule has 0 aromatic heterocycles. The van der Waals surface area contributed by atoms with Crippen molar-refractivity contribution in [1.82, 2.24) is 5.32 Å². The van der Waals surface area contributed by atoms with Gasteiger partial charge in [-0.1, -0.05) is 45.0 Å². The Labute approximate surface area is 124 Å². The van der Waals surface area contributed by atoms with E-state index < -0.39 is 0 Å². The minimum Gasteiger partial charge on any atom is -0.381 e. The van der Waals surface area contributed by atoms with E-state index in [2.05, 4.69) is 57.3 Å². The SMILES string of the molecule is CCCNCC(CCOCC(C)C)c1ccccc1C. The first-order valence-electron chi connectivity index (χ1n) is 7.99. The lowest BCUT2D eigenvalue weighted by molar-refractivity contribution is 0.103. The van der Waals surface area contributed by atoms with Crippen LogP contribution < -0.4 is 5.32 Å². The minimum atomic E-state index is 0.551. The molecule has 20 heavy (non-hydrogen) atoms. The van der Waals surface area contributed by atoms with Crippen LogP contribution in [0.3, 0.4) is 0 Å². The van der Waals surface area contributed by atoms with E-state index >= 15 is 0 Å². The molecule has 0 aliphatic rings. The van der Waals surface area contributed by atoms with E-state index in [4.69, 9.17) is 4.74 Å². The van der Waals surface area contributed by atoms with Gasteiger partial charge in [-0.15, -0.1) is 0 Å². The largest absolute Gasteiger partial charge is 0.381 e. The van der Waals surface area contributed by atoms with Gasteiger partial charge < -0.3 is 10.1 Å². The third kappa shape index (κ3) is 6.53. The summed E-state index contributed by atoms with van der Waals surface area (Å²) in [6.45, 7) is 12.7. The van der Waals surface area contributed by atoms with Crippen molar-refractivity contribution in [2.24, 2.45) is 5.92 Å². The van der Waals surface area contributed by atoms with Crippen LogP contribution >= 0.6 is 0 Å². The third-order valence-electron chi connectivity index (χ3n) is 3.51. The van der Waals surface area contributed by atoms with E-state index in [0.717, 1.165) is 32.7 Å². The highest BCUT2D eigenvalue weighted by molar-refractivity contribution is 5.29. The van der Waals surface area contributed by atoms with Crippen molar-refractivity contribution in [1.29, 1.82) is 0 Å². The second-order valence-corrected chi connectivity index (χ2v) is 6.02. The van der Waals surface area contributed by atoms with Gasteiger partial charge in [0, 0.05) is 19.8 Å². The van der Waals surface area contributed by atoms with E-state index in [-0.39, 0.29) is 0 Å². The number of hydrogen-bond acceptors (Lipinski definition) is 2. The van der Waals surface area contributed by atoms with Crippen LogP contribution in [0.4, 0.5) is 0 Å². The zero-order chi connectivity index (χ0) is 14.8. The van der Waals surface area contributed by atoms with Gasteiger partial charge in [-0.25, -0.2) is 0 Å². The Morgan fingerprint density at radius 3 is 2.60 bits per heavy atom. The zero-order valence-electron chi connectivity index (χ0n) is 13.6. The molecule has 0 heterocycles. The summed E-state index contributed by atoms with van der Waals surface area (Å²) in [7, 11) is 0. The highest BCUT2D eigenvalue weighted by Gasteiger charge is 2.13. The molecule has 1 N–H and O–H groups in total. The van der Waals surface area contributed by atoms with Gasteiger partial charge in [0.1, 0.15) is 0 Å². The van der Waals surface area contributed by atoms with Crippen LogP contribution in [0.25, 0.3) is 0 Å². The molecule has 2 nitrogen and oxygen atoms in total. The topological polar surface area (TPSA) is 21.3 Å². The summed E-state index contributed by atoms with van der Waals surface area (Å²) in [6.07, 6.45) is 2.28. The first-order chi connectivity index (χ1) is 9.65. The normalized spacial score (nSPS) is 12.8. The highest BCUT2D eigenvalue weighted by Crippen LogP contribution is 2.22.